The molecule has 0 saturated heterocycles. The molecule has 3 aromatic carbocycles. The third kappa shape index (κ3) is 4.08. The SMILES string of the molecule is CC1=CCC(c2nc(-c3ccc(C)cc3)nc(-c3cc4ccccc4cc3Br)n2)C=C1. The molecule has 0 saturated carbocycles. The van der Waals surface area contributed by atoms with E-state index in [0.717, 1.165) is 33.2 Å². The van der Waals surface area contributed by atoms with Gasteiger partial charge in [-0.25, -0.2) is 15.0 Å². The third-order valence-corrected chi connectivity index (χ3v) is 6.31. The Bertz CT molecular complexity index is 1340. The van der Waals surface area contributed by atoms with Crippen molar-refractivity contribution in [1.29, 1.82) is 0 Å². The van der Waals surface area contributed by atoms with Crippen molar-refractivity contribution in [1.82, 2.24) is 15.0 Å². The molecule has 31 heavy (non-hydrogen) atoms. The zero-order chi connectivity index (χ0) is 21.4. The van der Waals surface area contributed by atoms with Crippen LogP contribution in [0.25, 0.3) is 33.5 Å². The first-order valence-corrected chi connectivity index (χ1v) is 11.2. The van der Waals surface area contributed by atoms with Gasteiger partial charge >= 0.3 is 0 Å². The first kappa shape index (κ1) is 19.8. The summed E-state index contributed by atoms with van der Waals surface area (Å²) in [5, 5.41) is 2.35. The van der Waals surface area contributed by atoms with Gasteiger partial charge in [0.25, 0.3) is 0 Å². The molecule has 1 aliphatic carbocycles. The standard InChI is InChI=1S/C27H22BrN3/c1-17-7-11-19(12-8-17)25-29-26(20-13-9-18(2)10-14-20)31-27(30-25)23-15-21-5-3-4-6-22(21)16-24(23)28/h3-13,15-16,20H,14H2,1-2H3. The highest BCUT2D eigenvalue weighted by Crippen LogP contribution is 2.33. The molecular formula is C27H22BrN3. The van der Waals surface area contributed by atoms with Crippen molar-refractivity contribution >= 4 is 26.7 Å². The topological polar surface area (TPSA) is 38.7 Å². The van der Waals surface area contributed by atoms with Gasteiger partial charge in [0.15, 0.2) is 11.6 Å². The number of aromatic nitrogens is 3. The fourth-order valence-electron chi connectivity index (χ4n) is 3.81. The second kappa shape index (κ2) is 8.20. The van der Waals surface area contributed by atoms with Gasteiger partial charge in [0.05, 0.1) is 0 Å². The van der Waals surface area contributed by atoms with Crippen LogP contribution < -0.4 is 0 Å². The molecule has 4 heteroatoms. The minimum absolute atomic E-state index is 0.147. The molecule has 5 rings (SSSR count). The monoisotopic (exact) mass is 467 g/mol. The Morgan fingerprint density at radius 1 is 0.839 bits per heavy atom. The summed E-state index contributed by atoms with van der Waals surface area (Å²) < 4.78 is 0.980. The molecule has 1 heterocycles. The predicted molar refractivity (Wildman–Crippen MR) is 131 cm³/mol. The maximum atomic E-state index is 4.93. The van der Waals surface area contributed by atoms with Crippen LogP contribution in [-0.4, -0.2) is 15.0 Å². The van der Waals surface area contributed by atoms with E-state index in [1.165, 1.54) is 16.5 Å². The van der Waals surface area contributed by atoms with Crippen molar-refractivity contribution in [2.24, 2.45) is 0 Å². The van der Waals surface area contributed by atoms with Crippen molar-refractivity contribution < 1.29 is 0 Å². The van der Waals surface area contributed by atoms with E-state index in [1.54, 1.807) is 0 Å². The normalized spacial score (nSPS) is 15.8. The highest BCUT2D eigenvalue weighted by atomic mass is 79.9. The number of hydrogen-bond donors (Lipinski definition) is 0. The van der Waals surface area contributed by atoms with Crippen LogP contribution in [0.1, 0.15) is 30.7 Å². The van der Waals surface area contributed by atoms with Crippen molar-refractivity contribution in [3.8, 4) is 22.8 Å². The van der Waals surface area contributed by atoms with Gasteiger partial charge in [-0.15, -0.1) is 0 Å². The minimum Gasteiger partial charge on any atom is -0.212 e. The van der Waals surface area contributed by atoms with Gasteiger partial charge in [0.1, 0.15) is 5.82 Å². The maximum absolute atomic E-state index is 4.93. The molecule has 4 aromatic rings. The van der Waals surface area contributed by atoms with E-state index in [-0.39, 0.29) is 5.92 Å². The molecule has 3 nitrogen and oxygen atoms in total. The number of hydrogen-bond acceptors (Lipinski definition) is 3. The summed E-state index contributed by atoms with van der Waals surface area (Å²) in [6, 6.07) is 21.0. The predicted octanol–water partition coefficient (Wildman–Crippen LogP) is 7.42. The second-order valence-electron chi connectivity index (χ2n) is 8.04. The molecule has 1 unspecified atom stereocenters. The highest BCUT2D eigenvalue weighted by Gasteiger charge is 2.19. The number of benzene rings is 3. The van der Waals surface area contributed by atoms with Crippen molar-refractivity contribution in [2.75, 3.05) is 0 Å². The van der Waals surface area contributed by atoms with Gasteiger partial charge in [-0.3, -0.25) is 0 Å². The zero-order valence-electron chi connectivity index (χ0n) is 17.5. The van der Waals surface area contributed by atoms with E-state index < -0.39 is 0 Å². The second-order valence-corrected chi connectivity index (χ2v) is 8.89. The molecule has 0 bridgehead atoms. The van der Waals surface area contributed by atoms with Crippen molar-refractivity contribution in [3.05, 3.63) is 100 Å². The largest absolute Gasteiger partial charge is 0.212 e. The lowest BCUT2D eigenvalue weighted by Crippen LogP contribution is -2.08. The Labute approximate surface area is 190 Å². The van der Waals surface area contributed by atoms with Crippen LogP contribution in [0.2, 0.25) is 0 Å². The van der Waals surface area contributed by atoms with Crippen molar-refractivity contribution in [2.45, 2.75) is 26.2 Å². The van der Waals surface area contributed by atoms with Gasteiger partial charge in [-0.1, -0.05) is 93.8 Å². The van der Waals surface area contributed by atoms with Crippen LogP contribution in [-0.2, 0) is 0 Å². The number of aryl methyl sites for hydroxylation is 1. The fraction of sp³-hybridized carbons (Fsp3) is 0.148. The minimum atomic E-state index is 0.147. The van der Waals surface area contributed by atoms with E-state index >= 15 is 0 Å². The Kier molecular flexibility index (Phi) is 5.24. The summed E-state index contributed by atoms with van der Waals surface area (Å²) in [6.07, 6.45) is 7.49. The van der Waals surface area contributed by atoms with Crippen molar-refractivity contribution in [3.63, 3.8) is 0 Å². The summed E-state index contributed by atoms with van der Waals surface area (Å²) >= 11 is 3.75. The summed E-state index contributed by atoms with van der Waals surface area (Å²) in [4.78, 5) is 14.7. The van der Waals surface area contributed by atoms with E-state index in [9.17, 15) is 0 Å². The highest BCUT2D eigenvalue weighted by molar-refractivity contribution is 9.10. The Morgan fingerprint density at radius 3 is 2.26 bits per heavy atom. The van der Waals surface area contributed by atoms with Gasteiger partial charge < -0.3 is 0 Å². The van der Waals surface area contributed by atoms with E-state index in [1.807, 2.05) is 0 Å². The van der Waals surface area contributed by atoms with E-state index in [2.05, 4.69) is 109 Å². The van der Waals surface area contributed by atoms with E-state index in [0.29, 0.717) is 11.6 Å². The summed E-state index contributed by atoms with van der Waals surface area (Å²) in [5.41, 5.74) is 4.47. The van der Waals surface area contributed by atoms with Gasteiger partial charge in [-0.05, 0) is 43.2 Å². The molecule has 0 aliphatic heterocycles. The molecule has 0 fully saturated rings. The molecule has 0 spiro atoms. The van der Waals surface area contributed by atoms with Crippen LogP contribution in [0.5, 0.6) is 0 Å². The summed E-state index contributed by atoms with van der Waals surface area (Å²) in [7, 11) is 0. The lowest BCUT2D eigenvalue weighted by atomic mass is 9.96. The first-order valence-electron chi connectivity index (χ1n) is 10.4. The van der Waals surface area contributed by atoms with E-state index in [4.69, 9.17) is 15.0 Å². The zero-order valence-corrected chi connectivity index (χ0v) is 19.1. The molecule has 0 radical (unpaired) electrons. The van der Waals surface area contributed by atoms with Gasteiger partial charge in [0, 0.05) is 21.5 Å². The van der Waals surface area contributed by atoms with Crippen LogP contribution >= 0.6 is 15.9 Å². The number of rotatable bonds is 3. The lowest BCUT2D eigenvalue weighted by molar-refractivity contribution is 0.759. The Morgan fingerprint density at radius 2 is 1.55 bits per heavy atom. The van der Waals surface area contributed by atoms with Gasteiger partial charge in [0.2, 0.25) is 0 Å². The fourth-order valence-corrected chi connectivity index (χ4v) is 4.35. The molecular weight excluding hydrogens is 446 g/mol. The number of halogens is 1. The van der Waals surface area contributed by atoms with Crippen LogP contribution in [0.3, 0.4) is 0 Å². The molecule has 0 amide bonds. The Hall–Kier alpha value is -3.11. The van der Waals surface area contributed by atoms with Crippen LogP contribution in [0, 0.1) is 6.92 Å². The maximum Gasteiger partial charge on any atom is 0.164 e. The van der Waals surface area contributed by atoms with Crippen LogP contribution in [0.4, 0.5) is 0 Å². The summed E-state index contributed by atoms with van der Waals surface area (Å²) in [6.45, 7) is 4.21. The van der Waals surface area contributed by atoms with Crippen LogP contribution in [0.15, 0.2) is 88.9 Å². The quantitative estimate of drug-likeness (QED) is 0.314. The number of allylic oxidation sites excluding steroid dienone is 4. The molecule has 1 aliphatic rings. The number of fused-ring (bicyclic) bond motifs is 1. The summed E-state index contributed by atoms with van der Waals surface area (Å²) in [5.74, 6) is 2.35. The molecule has 0 N–H and O–H groups in total. The third-order valence-electron chi connectivity index (χ3n) is 5.66. The van der Waals surface area contributed by atoms with Gasteiger partial charge in [-0.2, -0.15) is 0 Å². The molecule has 1 aromatic heterocycles. The lowest BCUT2D eigenvalue weighted by Gasteiger charge is -2.16. The average Bonchev–Trinajstić information content (AvgIpc) is 2.79. The smallest absolute Gasteiger partial charge is 0.164 e. The molecule has 152 valence electrons. The average molecular weight is 468 g/mol. The number of nitrogens with zero attached hydrogens (tertiary/aromatic N) is 3. The Balaban J connectivity index is 1.68. The first-order chi connectivity index (χ1) is 15.1. The molecule has 1 atom stereocenters.